The maximum atomic E-state index is 11.7. The molecule has 0 aliphatic carbocycles. The van der Waals surface area contributed by atoms with E-state index < -0.39 is 16.8 Å². The average Bonchev–Trinajstić information content (AvgIpc) is 2.72. The molecule has 0 bridgehead atoms. The van der Waals surface area contributed by atoms with Crippen LogP contribution in [-0.2, 0) is 16.1 Å². The number of benzene rings is 1. The number of carbonyl (C=O) groups is 2. The molecule has 7 nitrogen and oxygen atoms in total. The normalized spacial score (nSPS) is 18.6. The summed E-state index contributed by atoms with van der Waals surface area (Å²) in [6.07, 6.45) is -0.0457. The van der Waals surface area contributed by atoms with Crippen molar-refractivity contribution in [2.45, 2.75) is 13.0 Å². The number of nitrogens with zero attached hydrogens (tertiary/aromatic N) is 2. The van der Waals surface area contributed by atoms with Gasteiger partial charge in [0.2, 0.25) is 5.91 Å². The largest absolute Gasteiger partial charge is 0.481 e. The molecule has 1 aromatic rings. The van der Waals surface area contributed by atoms with Crippen molar-refractivity contribution in [2.75, 3.05) is 6.54 Å². The summed E-state index contributed by atoms with van der Waals surface area (Å²) >= 11 is 0. The van der Waals surface area contributed by atoms with E-state index in [0.717, 1.165) is 0 Å². The molecular formula is C12H12N2O5. The summed E-state index contributed by atoms with van der Waals surface area (Å²) in [6, 6.07) is 6.13. The number of hydrogen-bond acceptors (Lipinski definition) is 4. The van der Waals surface area contributed by atoms with E-state index >= 15 is 0 Å². The molecule has 1 aliphatic heterocycles. The molecule has 0 radical (unpaired) electrons. The Balaban J connectivity index is 2.16. The lowest BCUT2D eigenvalue weighted by atomic mass is 10.1. The van der Waals surface area contributed by atoms with Gasteiger partial charge in [-0.3, -0.25) is 19.7 Å². The van der Waals surface area contributed by atoms with Crippen LogP contribution in [0.1, 0.15) is 12.0 Å². The van der Waals surface area contributed by atoms with Gasteiger partial charge in [-0.05, 0) is 0 Å². The first kappa shape index (κ1) is 13.0. The maximum absolute atomic E-state index is 11.7. The highest BCUT2D eigenvalue weighted by Gasteiger charge is 2.34. The van der Waals surface area contributed by atoms with E-state index in [1.165, 1.54) is 11.0 Å². The van der Waals surface area contributed by atoms with Crippen LogP contribution in [0.5, 0.6) is 0 Å². The fourth-order valence-electron chi connectivity index (χ4n) is 2.12. The van der Waals surface area contributed by atoms with Gasteiger partial charge in [-0.25, -0.2) is 0 Å². The first-order valence-electron chi connectivity index (χ1n) is 5.72. The lowest BCUT2D eigenvalue weighted by Gasteiger charge is -2.15. The monoisotopic (exact) mass is 264 g/mol. The third-order valence-electron chi connectivity index (χ3n) is 3.11. The van der Waals surface area contributed by atoms with Gasteiger partial charge in [-0.15, -0.1) is 0 Å². The highest BCUT2D eigenvalue weighted by atomic mass is 16.6. The maximum Gasteiger partial charge on any atom is 0.308 e. The Morgan fingerprint density at radius 3 is 2.74 bits per heavy atom. The second-order valence-electron chi connectivity index (χ2n) is 4.40. The minimum absolute atomic E-state index is 0.0457. The fraction of sp³-hybridized carbons (Fsp3) is 0.333. The van der Waals surface area contributed by atoms with Crippen LogP contribution < -0.4 is 0 Å². The molecule has 1 fully saturated rings. The van der Waals surface area contributed by atoms with Crippen molar-refractivity contribution >= 4 is 17.6 Å². The standard InChI is InChI=1S/C12H12N2O5/c15-11-5-9(12(16)17)7-13(11)6-8-3-1-2-4-10(8)14(18)19/h1-4,9H,5-7H2,(H,16,17). The van der Waals surface area contributed by atoms with Gasteiger partial charge in [0.25, 0.3) is 5.69 Å². The molecular weight excluding hydrogens is 252 g/mol. The molecule has 1 N–H and O–H groups in total. The van der Waals surface area contributed by atoms with Gasteiger partial charge in [0, 0.05) is 24.6 Å². The molecule has 2 rings (SSSR count). The van der Waals surface area contributed by atoms with E-state index in [4.69, 9.17) is 5.11 Å². The van der Waals surface area contributed by atoms with Crippen LogP contribution in [0.3, 0.4) is 0 Å². The molecule has 1 aliphatic rings. The zero-order valence-electron chi connectivity index (χ0n) is 9.98. The van der Waals surface area contributed by atoms with Crippen molar-refractivity contribution < 1.29 is 19.6 Å². The zero-order chi connectivity index (χ0) is 14.0. The van der Waals surface area contributed by atoms with Gasteiger partial charge in [0.1, 0.15) is 0 Å². The van der Waals surface area contributed by atoms with Crippen molar-refractivity contribution in [2.24, 2.45) is 5.92 Å². The molecule has 19 heavy (non-hydrogen) atoms. The van der Waals surface area contributed by atoms with Gasteiger partial charge < -0.3 is 10.0 Å². The van der Waals surface area contributed by atoms with E-state index in [0.29, 0.717) is 5.56 Å². The highest BCUT2D eigenvalue weighted by molar-refractivity contribution is 5.86. The third kappa shape index (κ3) is 2.70. The predicted octanol–water partition coefficient (Wildman–Crippen LogP) is 1.03. The molecule has 1 unspecified atom stereocenters. The number of hydrogen-bond donors (Lipinski definition) is 1. The van der Waals surface area contributed by atoms with Crippen LogP contribution in [0.25, 0.3) is 0 Å². The number of carboxylic acids is 1. The summed E-state index contributed by atoms with van der Waals surface area (Å²) in [7, 11) is 0. The smallest absolute Gasteiger partial charge is 0.308 e. The van der Waals surface area contributed by atoms with Crippen LogP contribution in [0.15, 0.2) is 24.3 Å². The Morgan fingerprint density at radius 2 is 2.16 bits per heavy atom. The second kappa shape index (κ2) is 5.05. The molecule has 1 atom stereocenters. The number of carbonyl (C=O) groups excluding carboxylic acids is 1. The summed E-state index contributed by atoms with van der Waals surface area (Å²) in [4.78, 5) is 34.2. The second-order valence-corrected chi connectivity index (χ2v) is 4.40. The summed E-state index contributed by atoms with van der Waals surface area (Å²) in [6.45, 7) is 0.167. The summed E-state index contributed by atoms with van der Waals surface area (Å²) in [5.41, 5.74) is 0.348. The predicted molar refractivity (Wildman–Crippen MR) is 64.3 cm³/mol. The van der Waals surface area contributed by atoms with Gasteiger partial charge in [-0.1, -0.05) is 18.2 Å². The zero-order valence-corrected chi connectivity index (χ0v) is 9.98. The fourth-order valence-corrected chi connectivity index (χ4v) is 2.12. The molecule has 0 spiro atoms. The van der Waals surface area contributed by atoms with E-state index in [2.05, 4.69) is 0 Å². The number of likely N-dealkylation sites (tertiary alicyclic amines) is 1. The average molecular weight is 264 g/mol. The van der Waals surface area contributed by atoms with Crippen molar-refractivity contribution in [1.82, 2.24) is 4.90 Å². The Labute approximate surface area is 108 Å². The Bertz CT molecular complexity index is 543. The third-order valence-corrected chi connectivity index (χ3v) is 3.11. The summed E-state index contributed by atoms with van der Waals surface area (Å²) in [5, 5.41) is 19.7. The molecule has 7 heteroatoms. The molecule has 1 amide bonds. The Hall–Kier alpha value is -2.44. The molecule has 1 saturated heterocycles. The lowest BCUT2D eigenvalue weighted by molar-refractivity contribution is -0.385. The van der Waals surface area contributed by atoms with Gasteiger partial charge in [-0.2, -0.15) is 0 Å². The quantitative estimate of drug-likeness (QED) is 0.646. The van der Waals surface area contributed by atoms with E-state index in [1.54, 1.807) is 18.2 Å². The number of nitro benzene ring substituents is 1. The Kier molecular flexibility index (Phi) is 3.46. The van der Waals surface area contributed by atoms with E-state index in [-0.39, 0.29) is 31.1 Å². The van der Waals surface area contributed by atoms with Crippen molar-refractivity contribution in [3.8, 4) is 0 Å². The number of amides is 1. The van der Waals surface area contributed by atoms with Gasteiger partial charge in [0.15, 0.2) is 0 Å². The van der Waals surface area contributed by atoms with Crippen molar-refractivity contribution in [3.05, 3.63) is 39.9 Å². The van der Waals surface area contributed by atoms with Crippen LogP contribution in [0, 0.1) is 16.0 Å². The van der Waals surface area contributed by atoms with E-state index in [1.807, 2.05) is 0 Å². The SMILES string of the molecule is O=C(O)C1CC(=O)N(Cc2ccccc2[N+](=O)[O-])C1. The minimum atomic E-state index is -1.02. The molecule has 1 aromatic carbocycles. The van der Waals surface area contributed by atoms with Crippen LogP contribution >= 0.6 is 0 Å². The first-order chi connectivity index (χ1) is 8.99. The molecule has 1 heterocycles. The minimum Gasteiger partial charge on any atom is -0.481 e. The van der Waals surface area contributed by atoms with Gasteiger partial charge in [0.05, 0.1) is 17.4 Å². The topological polar surface area (TPSA) is 101 Å². The number of carboxylic acid groups (broad SMARTS) is 1. The van der Waals surface area contributed by atoms with Crippen LogP contribution in [0.2, 0.25) is 0 Å². The number of rotatable bonds is 4. The van der Waals surface area contributed by atoms with Gasteiger partial charge >= 0.3 is 5.97 Å². The highest BCUT2D eigenvalue weighted by Crippen LogP contribution is 2.24. The van der Waals surface area contributed by atoms with Crippen LogP contribution in [-0.4, -0.2) is 33.4 Å². The first-order valence-corrected chi connectivity index (χ1v) is 5.72. The molecule has 100 valence electrons. The number of para-hydroxylation sites is 1. The van der Waals surface area contributed by atoms with Crippen molar-refractivity contribution in [1.29, 1.82) is 0 Å². The van der Waals surface area contributed by atoms with Crippen molar-refractivity contribution in [3.63, 3.8) is 0 Å². The number of aliphatic carboxylic acids is 1. The Morgan fingerprint density at radius 1 is 1.47 bits per heavy atom. The summed E-state index contributed by atoms with van der Waals surface area (Å²) in [5.74, 6) is -2.03. The van der Waals surface area contributed by atoms with Crippen LogP contribution in [0.4, 0.5) is 5.69 Å². The van der Waals surface area contributed by atoms with E-state index in [9.17, 15) is 19.7 Å². The molecule has 0 saturated carbocycles. The molecule has 0 aromatic heterocycles. The summed E-state index contributed by atoms with van der Waals surface area (Å²) < 4.78 is 0. The lowest BCUT2D eigenvalue weighted by Crippen LogP contribution is -2.26. The number of nitro groups is 1.